The molecule has 214 valence electrons. The SMILES string of the molecule is COCCCN1CCN(C(=O)c2ccc(/C=C/c3n[nH]c4ccccc34)c(N3C(=O)c4cccc(N)c4C3=O)c2)CC1. The van der Waals surface area contributed by atoms with Crippen LogP contribution >= 0.6 is 0 Å². The number of nitrogens with two attached hydrogens (primary N) is 1. The number of aromatic amines is 1. The van der Waals surface area contributed by atoms with Crippen molar-refractivity contribution in [2.45, 2.75) is 6.42 Å². The van der Waals surface area contributed by atoms with Crippen molar-refractivity contribution in [2.75, 3.05) is 57.1 Å². The molecule has 10 nitrogen and oxygen atoms in total. The minimum absolute atomic E-state index is 0.141. The van der Waals surface area contributed by atoms with E-state index in [1.54, 1.807) is 49.6 Å². The predicted octanol–water partition coefficient (Wildman–Crippen LogP) is 3.91. The molecule has 0 unspecified atom stereocenters. The van der Waals surface area contributed by atoms with Gasteiger partial charge in [-0.3, -0.25) is 24.4 Å². The second-order valence-corrected chi connectivity index (χ2v) is 10.5. The Balaban J connectivity index is 1.33. The molecule has 0 bridgehead atoms. The number of carbonyl (C=O) groups excluding carboxylic acids is 3. The molecule has 2 aliphatic rings. The summed E-state index contributed by atoms with van der Waals surface area (Å²) in [5.41, 5.74) is 9.70. The standard InChI is InChI=1S/C32H32N6O4/c1-42-19-5-14-36-15-17-37(18-16-36)30(39)22-11-10-21(12-13-27-23-6-2-3-9-26(23)34-35-27)28(20-22)38-31(40)24-7-4-8-25(33)29(24)32(38)41/h2-4,6-13,20H,5,14-19,33H2,1H3,(H,34,35)/b13-12+. The van der Waals surface area contributed by atoms with Crippen LogP contribution in [-0.4, -0.2) is 84.2 Å². The number of nitrogen functional groups attached to an aromatic ring is 1. The normalized spacial score (nSPS) is 15.7. The number of carbonyl (C=O) groups is 3. The first-order chi connectivity index (χ1) is 20.5. The summed E-state index contributed by atoms with van der Waals surface area (Å²) in [6.45, 7) is 4.38. The maximum atomic E-state index is 13.6. The number of ether oxygens (including phenoxy) is 1. The summed E-state index contributed by atoms with van der Waals surface area (Å²) in [6.07, 6.45) is 4.58. The first-order valence-electron chi connectivity index (χ1n) is 14.0. The summed E-state index contributed by atoms with van der Waals surface area (Å²) >= 11 is 0. The maximum absolute atomic E-state index is 13.6. The minimum Gasteiger partial charge on any atom is -0.398 e. The Kier molecular flexibility index (Phi) is 7.56. The molecule has 1 aromatic heterocycles. The number of H-pyrrole nitrogens is 1. The van der Waals surface area contributed by atoms with Crippen molar-refractivity contribution in [3.05, 3.63) is 88.6 Å². The van der Waals surface area contributed by atoms with E-state index in [1.807, 2.05) is 35.2 Å². The molecule has 0 saturated carbocycles. The first-order valence-corrected chi connectivity index (χ1v) is 14.0. The second kappa shape index (κ2) is 11.6. The van der Waals surface area contributed by atoms with E-state index < -0.39 is 11.8 Å². The van der Waals surface area contributed by atoms with Crippen LogP contribution in [0.5, 0.6) is 0 Å². The average molecular weight is 565 g/mol. The lowest BCUT2D eigenvalue weighted by atomic mass is 10.0. The molecule has 2 aliphatic heterocycles. The van der Waals surface area contributed by atoms with Crippen molar-refractivity contribution in [2.24, 2.45) is 0 Å². The van der Waals surface area contributed by atoms with Crippen LogP contribution in [0.25, 0.3) is 23.1 Å². The van der Waals surface area contributed by atoms with E-state index in [2.05, 4.69) is 15.1 Å². The number of benzene rings is 3. The van der Waals surface area contributed by atoms with Crippen LogP contribution in [0, 0.1) is 0 Å². The summed E-state index contributed by atoms with van der Waals surface area (Å²) in [5.74, 6) is -1.13. The minimum atomic E-state index is -0.512. The van der Waals surface area contributed by atoms with Crippen LogP contribution in [-0.2, 0) is 4.74 Å². The number of hydrogen-bond acceptors (Lipinski definition) is 7. The van der Waals surface area contributed by atoms with Gasteiger partial charge in [0.1, 0.15) is 0 Å². The van der Waals surface area contributed by atoms with Gasteiger partial charge in [0, 0.05) is 63.1 Å². The van der Waals surface area contributed by atoms with Crippen molar-refractivity contribution in [1.82, 2.24) is 20.0 Å². The van der Waals surface area contributed by atoms with Gasteiger partial charge in [0.25, 0.3) is 17.7 Å². The number of rotatable bonds is 8. The zero-order valence-corrected chi connectivity index (χ0v) is 23.4. The van der Waals surface area contributed by atoms with Crippen LogP contribution in [0.3, 0.4) is 0 Å². The van der Waals surface area contributed by atoms with Crippen molar-refractivity contribution in [3.63, 3.8) is 0 Å². The topological polar surface area (TPSA) is 125 Å². The Morgan fingerprint density at radius 2 is 1.81 bits per heavy atom. The van der Waals surface area contributed by atoms with E-state index in [4.69, 9.17) is 10.5 Å². The number of hydrogen-bond donors (Lipinski definition) is 2. The fourth-order valence-electron chi connectivity index (χ4n) is 5.61. The molecule has 3 heterocycles. The molecule has 0 radical (unpaired) electrons. The van der Waals surface area contributed by atoms with Gasteiger partial charge in [-0.2, -0.15) is 5.10 Å². The first kappa shape index (κ1) is 27.4. The smallest absolute Gasteiger partial charge is 0.268 e. The molecule has 0 aliphatic carbocycles. The molecular weight excluding hydrogens is 532 g/mol. The molecule has 4 aromatic rings. The highest BCUT2D eigenvalue weighted by Gasteiger charge is 2.39. The third kappa shape index (κ3) is 5.06. The van der Waals surface area contributed by atoms with Gasteiger partial charge in [0.2, 0.25) is 0 Å². The summed E-state index contributed by atoms with van der Waals surface area (Å²) in [5, 5.41) is 8.35. The number of anilines is 2. The molecule has 0 atom stereocenters. The van der Waals surface area contributed by atoms with Gasteiger partial charge in [-0.15, -0.1) is 0 Å². The third-order valence-electron chi connectivity index (χ3n) is 7.87. The molecule has 0 spiro atoms. The predicted molar refractivity (Wildman–Crippen MR) is 162 cm³/mol. The van der Waals surface area contributed by atoms with E-state index in [0.717, 1.165) is 41.9 Å². The Bertz CT molecular complexity index is 1700. The van der Waals surface area contributed by atoms with Gasteiger partial charge < -0.3 is 15.4 Å². The van der Waals surface area contributed by atoms with Crippen LogP contribution in [0.1, 0.15) is 48.8 Å². The number of piperazine rings is 1. The number of para-hydroxylation sites is 1. The van der Waals surface area contributed by atoms with Gasteiger partial charge in [0.15, 0.2) is 0 Å². The van der Waals surface area contributed by atoms with Gasteiger partial charge in [-0.1, -0.05) is 36.4 Å². The number of imide groups is 1. The van der Waals surface area contributed by atoms with Gasteiger partial charge in [-0.05, 0) is 48.4 Å². The number of nitrogens with one attached hydrogen (secondary N) is 1. The fraction of sp³-hybridized carbons (Fsp3) is 0.250. The van der Waals surface area contributed by atoms with E-state index in [9.17, 15) is 14.4 Å². The Labute approximate surface area is 243 Å². The highest BCUT2D eigenvalue weighted by atomic mass is 16.5. The van der Waals surface area contributed by atoms with Gasteiger partial charge in [0.05, 0.1) is 28.0 Å². The zero-order valence-electron chi connectivity index (χ0n) is 23.4. The average Bonchev–Trinajstić information content (AvgIpc) is 3.54. The van der Waals surface area contributed by atoms with Crippen LogP contribution in [0.15, 0.2) is 60.7 Å². The highest BCUT2D eigenvalue weighted by Crippen LogP contribution is 2.35. The molecule has 42 heavy (non-hydrogen) atoms. The molecule has 3 amide bonds. The van der Waals surface area contributed by atoms with Gasteiger partial charge >= 0.3 is 0 Å². The third-order valence-corrected chi connectivity index (χ3v) is 7.87. The molecule has 6 rings (SSSR count). The number of methoxy groups -OCH3 is 1. The lowest BCUT2D eigenvalue weighted by Crippen LogP contribution is -2.49. The highest BCUT2D eigenvalue weighted by molar-refractivity contribution is 6.36. The number of fused-ring (bicyclic) bond motifs is 2. The molecule has 10 heteroatoms. The molecular formula is C32H32N6O4. The Hall–Kier alpha value is -4.80. The van der Waals surface area contributed by atoms with Crippen molar-refractivity contribution < 1.29 is 19.1 Å². The van der Waals surface area contributed by atoms with Crippen molar-refractivity contribution >= 4 is 52.2 Å². The van der Waals surface area contributed by atoms with Crippen LogP contribution < -0.4 is 10.6 Å². The monoisotopic (exact) mass is 564 g/mol. The summed E-state index contributed by atoms with van der Waals surface area (Å²) in [7, 11) is 1.70. The molecule has 3 N–H and O–H groups in total. The lowest BCUT2D eigenvalue weighted by molar-refractivity contribution is 0.0623. The van der Waals surface area contributed by atoms with Gasteiger partial charge in [-0.25, -0.2) is 4.90 Å². The number of amides is 3. The second-order valence-electron chi connectivity index (χ2n) is 10.5. The quantitative estimate of drug-likeness (QED) is 0.189. The lowest BCUT2D eigenvalue weighted by Gasteiger charge is -2.35. The maximum Gasteiger partial charge on any atom is 0.268 e. The largest absolute Gasteiger partial charge is 0.398 e. The summed E-state index contributed by atoms with van der Waals surface area (Å²) < 4.78 is 5.15. The molecule has 1 fully saturated rings. The fourth-order valence-corrected chi connectivity index (χ4v) is 5.61. The zero-order chi connectivity index (χ0) is 29.2. The van der Waals surface area contributed by atoms with E-state index in [0.29, 0.717) is 42.2 Å². The molecule has 1 saturated heterocycles. The van der Waals surface area contributed by atoms with Crippen LogP contribution in [0.4, 0.5) is 11.4 Å². The van der Waals surface area contributed by atoms with Crippen molar-refractivity contribution in [3.8, 4) is 0 Å². The summed E-state index contributed by atoms with van der Waals surface area (Å²) in [4.78, 5) is 46.0. The Morgan fingerprint density at radius 3 is 2.60 bits per heavy atom. The van der Waals surface area contributed by atoms with E-state index in [-0.39, 0.29) is 22.7 Å². The number of nitrogens with zero attached hydrogens (tertiary/aromatic N) is 4. The van der Waals surface area contributed by atoms with Crippen molar-refractivity contribution in [1.29, 1.82) is 0 Å². The van der Waals surface area contributed by atoms with Crippen LogP contribution in [0.2, 0.25) is 0 Å². The summed E-state index contributed by atoms with van der Waals surface area (Å²) in [6, 6.07) is 17.8. The van der Waals surface area contributed by atoms with E-state index in [1.165, 1.54) is 0 Å². The molecule has 3 aromatic carbocycles. The van der Waals surface area contributed by atoms with E-state index >= 15 is 0 Å². The number of aromatic nitrogens is 2. The Morgan fingerprint density at radius 1 is 1.00 bits per heavy atom.